The minimum absolute atomic E-state index is 0.194. The maximum Gasteiger partial charge on any atom is 0.153 e. The van der Waals surface area contributed by atoms with E-state index < -0.39 is 9.84 Å². The molecule has 5 nitrogen and oxygen atoms in total. The van der Waals surface area contributed by atoms with Crippen molar-refractivity contribution in [3.05, 3.63) is 22.8 Å². The summed E-state index contributed by atoms with van der Waals surface area (Å²) in [5.74, 6) is 1.19. The highest BCUT2D eigenvalue weighted by atomic mass is 35.5. The van der Waals surface area contributed by atoms with Crippen LogP contribution in [-0.4, -0.2) is 44.5 Å². The SMILES string of the molecule is CCNCc1cc(N2CCS(=O)(=O)CC2)ncc1Cl. The molecule has 106 valence electrons. The van der Waals surface area contributed by atoms with Gasteiger partial charge < -0.3 is 10.2 Å². The average molecular weight is 304 g/mol. The van der Waals surface area contributed by atoms with Crippen LogP contribution in [-0.2, 0) is 16.4 Å². The lowest BCUT2D eigenvalue weighted by Gasteiger charge is -2.28. The summed E-state index contributed by atoms with van der Waals surface area (Å²) in [6.45, 7) is 4.59. The molecule has 2 heterocycles. The van der Waals surface area contributed by atoms with Gasteiger partial charge in [0, 0.05) is 25.8 Å². The lowest BCUT2D eigenvalue weighted by molar-refractivity contribution is 0.586. The van der Waals surface area contributed by atoms with Crippen LogP contribution < -0.4 is 10.2 Å². The van der Waals surface area contributed by atoms with Gasteiger partial charge in [-0.3, -0.25) is 0 Å². The van der Waals surface area contributed by atoms with Crippen LogP contribution in [0.4, 0.5) is 5.82 Å². The fourth-order valence-electron chi connectivity index (χ4n) is 1.98. The van der Waals surface area contributed by atoms with Gasteiger partial charge in [-0.2, -0.15) is 0 Å². The molecule has 7 heteroatoms. The summed E-state index contributed by atoms with van der Waals surface area (Å²) in [6.07, 6.45) is 1.63. The van der Waals surface area contributed by atoms with Gasteiger partial charge in [0.2, 0.25) is 0 Å². The summed E-state index contributed by atoms with van der Waals surface area (Å²) >= 11 is 6.10. The average Bonchev–Trinajstić information content (AvgIpc) is 2.38. The van der Waals surface area contributed by atoms with E-state index in [9.17, 15) is 8.42 Å². The Balaban J connectivity index is 2.12. The monoisotopic (exact) mass is 303 g/mol. The van der Waals surface area contributed by atoms with Crippen molar-refractivity contribution < 1.29 is 8.42 Å². The molecule has 0 bridgehead atoms. The lowest BCUT2D eigenvalue weighted by atomic mass is 10.2. The third-order valence-electron chi connectivity index (χ3n) is 3.15. The summed E-state index contributed by atoms with van der Waals surface area (Å²) in [4.78, 5) is 6.28. The molecule has 19 heavy (non-hydrogen) atoms. The molecule has 1 saturated heterocycles. The van der Waals surface area contributed by atoms with Gasteiger partial charge in [0.1, 0.15) is 5.82 Å². The van der Waals surface area contributed by atoms with Crippen LogP contribution in [0.3, 0.4) is 0 Å². The van der Waals surface area contributed by atoms with Crippen molar-refractivity contribution >= 4 is 27.3 Å². The first-order valence-electron chi connectivity index (χ1n) is 6.32. The second-order valence-electron chi connectivity index (χ2n) is 4.55. The number of hydrogen-bond donors (Lipinski definition) is 1. The zero-order valence-corrected chi connectivity index (χ0v) is 12.5. The minimum Gasteiger partial charge on any atom is -0.355 e. The summed E-state index contributed by atoms with van der Waals surface area (Å²) in [7, 11) is -2.86. The molecule has 0 atom stereocenters. The topological polar surface area (TPSA) is 62.3 Å². The molecule has 0 radical (unpaired) electrons. The molecular weight excluding hydrogens is 286 g/mol. The van der Waals surface area contributed by atoms with Gasteiger partial charge in [-0.1, -0.05) is 18.5 Å². The number of sulfone groups is 1. The van der Waals surface area contributed by atoms with Crippen LogP contribution in [0.5, 0.6) is 0 Å². The molecule has 2 rings (SSSR count). The summed E-state index contributed by atoms with van der Waals surface area (Å²) in [6, 6.07) is 1.93. The van der Waals surface area contributed by atoms with Crippen LogP contribution in [0.15, 0.2) is 12.3 Å². The number of aromatic nitrogens is 1. The van der Waals surface area contributed by atoms with Gasteiger partial charge in [-0.05, 0) is 18.2 Å². The Morgan fingerprint density at radius 2 is 2.11 bits per heavy atom. The standard InChI is InChI=1S/C12H18ClN3O2S/c1-2-14-8-10-7-12(15-9-11(10)13)16-3-5-19(17,18)6-4-16/h7,9,14H,2-6,8H2,1H3. The molecule has 0 amide bonds. The number of halogens is 1. The summed E-state index contributed by atoms with van der Waals surface area (Å²) in [5.41, 5.74) is 0.988. The van der Waals surface area contributed by atoms with E-state index in [4.69, 9.17) is 11.6 Å². The molecule has 1 N–H and O–H groups in total. The Morgan fingerprint density at radius 1 is 1.42 bits per heavy atom. The van der Waals surface area contributed by atoms with E-state index in [2.05, 4.69) is 10.3 Å². The van der Waals surface area contributed by atoms with Crippen molar-refractivity contribution in [1.29, 1.82) is 0 Å². The first kappa shape index (κ1) is 14.6. The van der Waals surface area contributed by atoms with Gasteiger partial charge in [0.05, 0.1) is 16.5 Å². The number of nitrogens with zero attached hydrogens (tertiary/aromatic N) is 2. The second kappa shape index (κ2) is 6.07. The number of nitrogens with one attached hydrogen (secondary N) is 1. The third-order valence-corrected chi connectivity index (χ3v) is 5.10. The first-order chi connectivity index (χ1) is 9.02. The molecule has 1 aliphatic rings. The van der Waals surface area contributed by atoms with Gasteiger partial charge in [0.15, 0.2) is 9.84 Å². The number of pyridine rings is 1. The highest BCUT2D eigenvalue weighted by molar-refractivity contribution is 7.91. The quantitative estimate of drug-likeness (QED) is 0.902. The molecule has 0 saturated carbocycles. The molecule has 1 aromatic rings. The minimum atomic E-state index is -2.86. The molecule has 1 aliphatic heterocycles. The van der Waals surface area contributed by atoms with E-state index in [0.717, 1.165) is 17.9 Å². The van der Waals surface area contributed by atoms with Gasteiger partial charge in [-0.15, -0.1) is 0 Å². The largest absolute Gasteiger partial charge is 0.355 e. The first-order valence-corrected chi connectivity index (χ1v) is 8.52. The van der Waals surface area contributed by atoms with E-state index in [0.29, 0.717) is 24.7 Å². The van der Waals surface area contributed by atoms with E-state index in [1.165, 1.54) is 0 Å². The van der Waals surface area contributed by atoms with E-state index >= 15 is 0 Å². The van der Waals surface area contributed by atoms with E-state index in [1.54, 1.807) is 6.20 Å². The Kier molecular flexibility index (Phi) is 4.65. The predicted octanol–water partition coefficient (Wildman–Crippen LogP) is 1.08. The molecule has 0 spiro atoms. The molecule has 0 unspecified atom stereocenters. The maximum atomic E-state index is 11.4. The fourth-order valence-corrected chi connectivity index (χ4v) is 3.35. The number of hydrogen-bond acceptors (Lipinski definition) is 5. The zero-order valence-electron chi connectivity index (χ0n) is 10.9. The van der Waals surface area contributed by atoms with Gasteiger partial charge >= 0.3 is 0 Å². The Hall–Kier alpha value is -0.850. The molecule has 0 aromatic carbocycles. The van der Waals surface area contributed by atoms with Crippen molar-refractivity contribution in [3.8, 4) is 0 Å². The van der Waals surface area contributed by atoms with Crippen LogP contribution in [0.25, 0.3) is 0 Å². The van der Waals surface area contributed by atoms with Crippen LogP contribution >= 0.6 is 11.6 Å². The zero-order chi connectivity index (χ0) is 13.9. The maximum absolute atomic E-state index is 11.4. The summed E-state index contributed by atoms with van der Waals surface area (Å²) in [5, 5.41) is 3.86. The van der Waals surface area contributed by atoms with Crippen LogP contribution in [0.2, 0.25) is 5.02 Å². The number of rotatable bonds is 4. The van der Waals surface area contributed by atoms with E-state index in [-0.39, 0.29) is 11.5 Å². The highest BCUT2D eigenvalue weighted by Crippen LogP contribution is 2.21. The third kappa shape index (κ3) is 3.81. The second-order valence-corrected chi connectivity index (χ2v) is 7.26. The number of anilines is 1. The van der Waals surface area contributed by atoms with Gasteiger partial charge in [0.25, 0.3) is 0 Å². The predicted molar refractivity (Wildman–Crippen MR) is 77.5 cm³/mol. The molecule has 0 aliphatic carbocycles. The molecule has 1 aromatic heterocycles. The van der Waals surface area contributed by atoms with Crippen molar-refractivity contribution in [2.45, 2.75) is 13.5 Å². The smallest absolute Gasteiger partial charge is 0.153 e. The fraction of sp³-hybridized carbons (Fsp3) is 0.583. The van der Waals surface area contributed by atoms with Crippen LogP contribution in [0.1, 0.15) is 12.5 Å². The van der Waals surface area contributed by atoms with Crippen molar-refractivity contribution in [1.82, 2.24) is 10.3 Å². The van der Waals surface area contributed by atoms with Crippen molar-refractivity contribution in [3.63, 3.8) is 0 Å². The highest BCUT2D eigenvalue weighted by Gasteiger charge is 2.22. The Labute approximate surface area is 118 Å². The van der Waals surface area contributed by atoms with Gasteiger partial charge in [-0.25, -0.2) is 13.4 Å². The van der Waals surface area contributed by atoms with Crippen molar-refractivity contribution in [2.75, 3.05) is 36.0 Å². The van der Waals surface area contributed by atoms with Crippen LogP contribution in [0, 0.1) is 0 Å². The Morgan fingerprint density at radius 3 is 2.74 bits per heavy atom. The molecular formula is C12H18ClN3O2S. The Bertz CT molecular complexity index is 534. The normalized spacial score (nSPS) is 18.5. The van der Waals surface area contributed by atoms with Crippen molar-refractivity contribution in [2.24, 2.45) is 0 Å². The van der Waals surface area contributed by atoms with E-state index in [1.807, 2.05) is 17.9 Å². The summed E-state index contributed by atoms with van der Waals surface area (Å²) < 4.78 is 22.8. The molecule has 1 fully saturated rings. The lowest BCUT2D eigenvalue weighted by Crippen LogP contribution is -2.40.